The van der Waals surface area contributed by atoms with Gasteiger partial charge in [-0.1, -0.05) is 47.6 Å². The number of hydrogen-bond donors (Lipinski definition) is 1. The fourth-order valence-electron chi connectivity index (χ4n) is 3.10. The van der Waals surface area contributed by atoms with Gasteiger partial charge in [-0.2, -0.15) is 8.78 Å². The summed E-state index contributed by atoms with van der Waals surface area (Å²) >= 11 is 0. The predicted molar refractivity (Wildman–Crippen MR) is 106 cm³/mol. The highest BCUT2D eigenvalue weighted by molar-refractivity contribution is 6.06. The molecule has 0 saturated heterocycles. The maximum absolute atomic E-state index is 12.9. The van der Waals surface area contributed by atoms with Crippen LogP contribution in [-0.4, -0.2) is 22.7 Å². The van der Waals surface area contributed by atoms with Crippen LogP contribution in [0, 0.1) is 6.92 Å². The van der Waals surface area contributed by atoms with Crippen molar-refractivity contribution in [1.29, 1.82) is 0 Å². The van der Waals surface area contributed by atoms with Gasteiger partial charge in [-0.15, -0.1) is 0 Å². The van der Waals surface area contributed by atoms with Gasteiger partial charge in [0.1, 0.15) is 5.75 Å². The second-order valence-corrected chi connectivity index (χ2v) is 6.57. The molecular formula is C22H17F2N3O3. The first kappa shape index (κ1) is 19.5. The average Bonchev–Trinajstić information content (AvgIpc) is 3.13. The number of alkyl halides is 2. The molecule has 0 atom stereocenters. The normalized spacial score (nSPS) is 11.1. The topological polar surface area (TPSA) is 77.2 Å². The molecule has 30 heavy (non-hydrogen) atoms. The van der Waals surface area contributed by atoms with Crippen LogP contribution in [0.3, 0.4) is 0 Å². The summed E-state index contributed by atoms with van der Waals surface area (Å²) in [5, 5.41) is 7.32. The van der Waals surface area contributed by atoms with Crippen LogP contribution >= 0.6 is 0 Å². The highest BCUT2D eigenvalue weighted by Gasteiger charge is 2.19. The van der Waals surface area contributed by atoms with Crippen LogP contribution in [0.1, 0.15) is 21.6 Å². The minimum absolute atomic E-state index is 0.0588. The Bertz CT molecular complexity index is 1180. The van der Waals surface area contributed by atoms with E-state index in [1.165, 1.54) is 12.1 Å². The molecule has 0 aliphatic rings. The van der Waals surface area contributed by atoms with Crippen molar-refractivity contribution >= 4 is 17.0 Å². The van der Waals surface area contributed by atoms with Gasteiger partial charge in [0, 0.05) is 12.1 Å². The molecule has 2 heterocycles. The zero-order chi connectivity index (χ0) is 21.1. The molecular weight excluding hydrogens is 392 g/mol. The van der Waals surface area contributed by atoms with Crippen molar-refractivity contribution in [3.8, 4) is 17.0 Å². The Kier molecular flexibility index (Phi) is 5.38. The smallest absolute Gasteiger partial charge is 0.387 e. The van der Waals surface area contributed by atoms with Gasteiger partial charge in [-0.25, -0.2) is 4.98 Å². The van der Waals surface area contributed by atoms with E-state index in [0.717, 1.165) is 11.1 Å². The summed E-state index contributed by atoms with van der Waals surface area (Å²) in [4.78, 5) is 17.4. The Hall–Kier alpha value is -3.81. The number of fused-ring (bicyclic) bond motifs is 1. The second-order valence-electron chi connectivity index (χ2n) is 6.57. The lowest BCUT2D eigenvalue weighted by atomic mass is 10.0. The van der Waals surface area contributed by atoms with Gasteiger partial charge in [0.05, 0.1) is 22.3 Å². The third-order valence-corrected chi connectivity index (χ3v) is 4.53. The molecule has 8 heteroatoms. The Balaban J connectivity index is 1.58. The first-order valence-electron chi connectivity index (χ1n) is 9.15. The molecule has 0 unspecified atom stereocenters. The number of hydrogen-bond acceptors (Lipinski definition) is 5. The molecule has 4 rings (SSSR count). The van der Waals surface area contributed by atoms with E-state index in [9.17, 15) is 13.6 Å². The number of carbonyl (C=O) groups excluding carboxylic acids is 1. The molecule has 0 radical (unpaired) electrons. The van der Waals surface area contributed by atoms with Crippen molar-refractivity contribution < 1.29 is 22.8 Å². The molecule has 2 aromatic carbocycles. The van der Waals surface area contributed by atoms with E-state index in [0.29, 0.717) is 22.3 Å². The average molecular weight is 409 g/mol. The fourth-order valence-corrected chi connectivity index (χ4v) is 3.10. The quantitative estimate of drug-likeness (QED) is 0.498. The van der Waals surface area contributed by atoms with Crippen molar-refractivity contribution in [3.63, 3.8) is 0 Å². The van der Waals surface area contributed by atoms with E-state index in [1.807, 2.05) is 30.3 Å². The van der Waals surface area contributed by atoms with E-state index in [-0.39, 0.29) is 23.9 Å². The summed E-state index contributed by atoms with van der Waals surface area (Å²) in [6.45, 7) is -0.924. The Morgan fingerprint density at radius 3 is 2.57 bits per heavy atom. The first-order valence-corrected chi connectivity index (χ1v) is 9.15. The van der Waals surface area contributed by atoms with Crippen molar-refractivity contribution in [2.24, 2.45) is 0 Å². The summed E-state index contributed by atoms with van der Waals surface area (Å²) in [5.41, 5.74) is 3.43. The highest BCUT2D eigenvalue weighted by atomic mass is 19.3. The molecule has 152 valence electrons. The summed E-state index contributed by atoms with van der Waals surface area (Å²) < 4.78 is 34.1. The van der Waals surface area contributed by atoms with Gasteiger partial charge in [0.25, 0.3) is 11.6 Å². The molecule has 0 aliphatic heterocycles. The lowest BCUT2D eigenvalue weighted by Crippen LogP contribution is -2.23. The van der Waals surface area contributed by atoms with Gasteiger partial charge < -0.3 is 14.6 Å². The van der Waals surface area contributed by atoms with Crippen molar-refractivity contribution in [3.05, 3.63) is 77.5 Å². The number of nitrogens with one attached hydrogen (secondary N) is 1. The molecule has 0 saturated carbocycles. The van der Waals surface area contributed by atoms with Crippen molar-refractivity contribution in [2.75, 3.05) is 0 Å². The van der Waals surface area contributed by atoms with E-state index >= 15 is 0 Å². The number of aryl methyl sites for hydroxylation is 1. The number of amides is 1. The van der Waals surface area contributed by atoms with Gasteiger partial charge in [0.2, 0.25) is 0 Å². The van der Waals surface area contributed by atoms with E-state index < -0.39 is 6.61 Å². The third kappa shape index (κ3) is 4.12. The third-order valence-electron chi connectivity index (χ3n) is 4.53. The largest absolute Gasteiger partial charge is 0.435 e. The van der Waals surface area contributed by atoms with Crippen molar-refractivity contribution in [2.45, 2.75) is 20.1 Å². The summed E-state index contributed by atoms with van der Waals surface area (Å²) in [6, 6.07) is 17.2. The monoisotopic (exact) mass is 409 g/mol. The van der Waals surface area contributed by atoms with E-state index in [2.05, 4.69) is 20.2 Å². The number of nitrogens with zero attached hydrogens (tertiary/aromatic N) is 2. The molecule has 0 spiro atoms. The molecule has 6 nitrogen and oxygen atoms in total. The number of halogens is 2. The molecule has 0 fully saturated rings. The van der Waals surface area contributed by atoms with Crippen LogP contribution in [0.25, 0.3) is 22.4 Å². The zero-order valence-electron chi connectivity index (χ0n) is 15.9. The molecule has 0 bridgehead atoms. The van der Waals surface area contributed by atoms with E-state index in [4.69, 9.17) is 4.52 Å². The van der Waals surface area contributed by atoms with Crippen LogP contribution < -0.4 is 10.1 Å². The van der Waals surface area contributed by atoms with E-state index in [1.54, 1.807) is 25.1 Å². The Labute approximate surface area is 170 Å². The number of aromatic nitrogens is 2. The van der Waals surface area contributed by atoms with Crippen molar-refractivity contribution in [1.82, 2.24) is 15.5 Å². The van der Waals surface area contributed by atoms with Gasteiger partial charge in [-0.3, -0.25) is 4.79 Å². The molecule has 4 aromatic rings. The summed E-state index contributed by atoms with van der Waals surface area (Å²) in [7, 11) is 0. The molecule has 1 N–H and O–H groups in total. The first-order chi connectivity index (χ1) is 14.5. The van der Waals surface area contributed by atoms with Crippen LogP contribution in [0.2, 0.25) is 0 Å². The SMILES string of the molecule is Cc1noc2nc(-c3ccccc3)cc(C(=O)NCc3ccc(OC(F)F)cc3)c12. The number of ether oxygens (including phenoxy) is 1. The second kappa shape index (κ2) is 8.28. The van der Waals surface area contributed by atoms with Crippen LogP contribution in [0.15, 0.2) is 65.2 Å². The fraction of sp³-hybridized carbons (Fsp3) is 0.136. The van der Waals surface area contributed by atoms with Gasteiger partial charge in [-0.05, 0) is 30.7 Å². The number of benzene rings is 2. The summed E-state index contributed by atoms with van der Waals surface area (Å²) in [5.74, 6) is -0.262. The predicted octanol–water partition coefficient (Wildman–Crippen LogP) is 4.73. The maximum atomic E-state index is 12.9. The minimum Gasteiger partial charge on any atom is -0.435 e. The van der Waals surface area contributed by atoms with Crippen LogP contribution in [-0.2, 0) is 6.54 Å². The minimum atomic E-state index is -2.88. The molecule has 0 aliphatic carbocycles. The Morgan fingerprint density at radius 2 is 1.87 bits per heavy atom. The highest BCUT2D eigenvalue weighted by Crippen LogP contribution is 2.27. The van der Waals surface area contributed by atoms with Gasteiger partial charge in [0.15, 0.2) is 0 Å². The van der Waals surface area contributed by atoms with Crippen LogP contribution in [0.4, 0.5) is 8.78 Å². The maximum Gasteiger partial charge on any atom is 0.387 e. The van der Waals surface area contributed by atoms with Crippen LogP contribution in [0.5, 0.6) is 5.75 Å². The summed E-state index contributed by atoms with van der Waals surface area (Å²) in [6.07, 6.45) is 0. The lowest BCUT2D eigenvalue weighted by Gasteiger charge is -2.09. The lowest BCUT2D eigenvalue weighted by molar-refractivity contribution is -0.0498. The Morgan fingerprint density at radius 1 is 1.13 bits per heavy atom. The molecule has 2 aromatic heterocycles. The van der Waals surface area contributed by atoms with Gasteiger partial charge >= 0.3 is 6.61 Å². The zero-order valence-corrected chi connectivity index (χ0v) is 15.9. The number of pyridine rings is 1. The number of rotatable bonds is 6. The number of carbonyl (C=O) groups is 1. The standard InChI is InChI=1S/C22H17F2N3O3/c1-13-19-17(11-18(26-21(19)30-27-13)15-5-3-2-4-6-15)20(28)25-12-14-7-9-16(10-8-14)29-22(23)24/h2-11,22H,12H2,1H3,(H,25,28). The molecule has 1 amide bonds.